The maximum Gasteiger partial charge on any atom is 0.224 e. The van der Waals surface area contributed by atoms with Gasteiger partial charge in [-0.1, -0.05) is 19.8 Å². The Kier molecular flexibility index (Phi) is 9.50. The van der Waals surface area contributed by atoms with E-state index in [9.17, 15) is 4.79 Å². The highest BCUT2D eigenvalue weighted by Gasteiger charge is 2.15. The van der Waals surface area contributed by atoms with Crippen LogP contribution in [0.25, 0.3) is 0 Å². The lowest BCUT2D eigenvalue weighted by atomic mass is 10.1. The van der Waals surface area contributed by atoms with Crippen LogP contribution in [-0.2, 0) is 9.53 Å². The van der Waals surface area contributed by atoms with Crippen LogP contribution in [-0.4, -0.2) is 38.8 Å². The maximum atomic E-state index is 11.5. The van der Waals surface area contributed by atoms with Gasteiger partial charge in [0.05, 0.1) is 12.7 Å². The fourth-order valence-electron chi connectivity index (χ4n) is 2.03. The van der Waals surface area contributed by atoms with Crippen molar-refractivity contribution >= 4 is 18.3 Å². The Labute approximate surface area is 110 Å². The lowest BCUT2D eigenvalue weighted by Gasteiger charge is -2.13. The van der Waals surface area contributed by atoms with Gasteiger partial charge in [-0.15, -0.1) is 12.4 Å². The largest absolute Gasteiger partial charge is 0.376 e. The molecule has 1 saturated carbocycles. The third kappa shape index (κ3) is 6.86. The second-order valence-electron chi connectivity index (χ2n) is 4.53. The summed E-state index contributed by atoms with van der Waals surface area (Å²) in [6.45, 7) is 3.91. The van der Waals surface area contributed by atoms with E-state index in [1.807, 2.05) is 14.0 Å². The first kappa shape index (κ1) is 16.7. The zero-order valence-electron chi connectivity index (χ0n) is 10.8. The number of amides is 1. The van der Waals surface area contributed by atoms with E-state index < -0.39 is 0 Å². The molecule has 0 aliphatic heterocycles. The van der Waals surface area contributed by atoms with Crippen molar-refractivity contribution in [1.29, 1.82) is 0 Å². The average Bonchev–Trinajstić information content (AvgIpc) is 2.77. The topological polar surface area (TPSA) is 50.4 Å². The zero-order chi connectivity index (χ0) is 11.8. The second-order valence-corrected chi connectivity index (χ2v) is 4.53. The predicted molar refractivity (Wildman–Crippen MR) is 71.6 cm³/mol. The Morgan fingerprint density at radius 3 is 2.65 bits per heavy atom. The number of halogens is 1. The number of hydrogen-bond acceptors (Lipinski definition) is 3. The molecule has 0 heterocycles. The van der Waals surface area contributed by atoms with Crippen LogP contribution in [0, 0.1) is 5.92 Å². The normalized spacial score (nSPS) is 17.5. The third-order valence-corrected chi connectivity index (χ3v) is 3.01. The third-order valence-electron chi connectivity index (χ3n) is 3.01. The second kappa shape index (κ2) is 9.68. The van der Waals surface area contributed by atoms with Gasteiger partial charge in [0.2, 0.25) is 5.91 Å². The van der Waals surface area contributed by atoms with Crippen LogP contribution in [0.5, 0.6) is 0 Å². The Bertz CT molecular complexity index is 209. The lowest BCUT2D eigenvalue weighted by Crippen LogP contribution is -2.36. The SMILES string of the molecule is CNCC(C)C(=O)NCCOC1CCCC1.Cl. The van der Waals surface area contributed by atoms with Gasteiger partial charge in [0.25, 0.3) is 0 Å². The highest BCUT2D eigenvalue weighted by Crippen LogP contribution is 2.20. The first-order valence-electron chi connectivity index (χ1n) is 6.28. The van der Waals surface area contributed by atoms with Gasteiger partial charge in [0, 0.05) is 19.0 Å². The molecule has 1 unspecified atom stereocenters. The van der Waals surface area contributed by atoms with Crippen LogP contribution in [0.3, 0.4) is 0 Å². The van der Waals surface area contributed by atoms with Crippen LogP contribution in [0.2, 0.25) is 0 Å². The summed E-state index contributed by atoms with van der Waals surface area (Å²) in [5, 5.41) is 5.88. The number of nitrogens with one attached hydrogen (secondary N) is 2. The van der Waals surface area contributed by atoms with Gasteiger partial charge in [-0.05, 0) is 19.9 Å². The van der Waals surface area contributed by atoms with Crippen molar-refractivity contribution in [1.82, 2.24) is 10.6 Å². The summed E-state index contributed by atoms with van der Waals surface area (Å²) in [7, 11) is 1.85. The zero-order valence-corrected chi connectivity index (χ0v) is 11.6. The average molecular weight is 265 g/mol. The van der Waals surface area contributed by atoms with Gasteiger partial charge in [-0.25, -0.2) is 0 Å². The lowest BCUT2D eigenvalue weighted by molar-refractivity contribution is -0.124. The van der Waals surface area contributed by atoms with Crippen LogP contribution >= 0.6 is 12.4 Å². The smallest absolute Gasteiger partial charge is 0.224 e. The molecule has 5 heteroatoms. The van der Waals surface area contributed by atoms with Crippen molar-refractivity contribution < 1.29 is 9.53 Å². The molecule has 0 bridgehead atoms. The van der Waals surface area contributed by atoms with Gasteiger partial charge in [-0.3, -0.25) is 4.79 Å². The molecule has 0 aromatic rings. The quantitative estimate of drug-likeness (QED) is 0.683. The van der Waals surface area contributed by atoms with Crippen LogP contribution in [0.4, 0.5) is 0 Å². The molecule has 1 aliphatic rings. The van der Waals surface area contributed by atoms with E-state index in [1.54, 1.807) is 0 Å². The van der Waals surface area contributed by atoms with Gasteiger partial charge in [-0.2, -0.15) is 0 Å². The van der Waals surface area contributed by atoms with Crippen molar-refractivity contribution in [2.45, 2.75) is 38.7 Å². The monoisotopic (exact) mass is 264 g/mol. The summed E-state index contributed by atoms with van der Waals surface area (Å²) in [5.41, 5.74) is 0. The minimum Gasteiger partial charge on any atom is -0.376 e. The predicted octanol–water partition coefficient (Wildman–Crippen LogP) is 1.34. The Balaban J connectivity index is 0.00000256. The van der Waals surface area contributed by atoms with Crippen molar-refractivity contribution in [3.63, 3.8) is 0 Å². The molecule has 0 aromatic carbocycles. The van der Waals surface area contributed by atoms with E-state index in [2.05, 4.69) is 10.6 Å². The molecule has 1 fully saturated rings. The Morgan fingerprint density at radius 2 is 2.06 bits per heavy atom. The van der Waals surface area contributed by atoms with E-state index >= 15 is 0 Å². The molecular weight excluding hydrogens is 240 g/mol. The van der Waals surface area contributed by atoms with Crippen LogP contribution in [0.15, 0.2) is 0 Å². The minimum atomic E-state index is 0. The van der Waals surface area contributed by atoms with Crippen LogP contribution in [0.1, 0.15) is 32.6 Å². The fraction of sp³-hybridized carbons (Fsp3) is 0.917. The Morgan fingerprint density at radius 1 is 1.41 bits per heavy atom. The summed E-state index contributed by atoms with van der Waals surface area (Å²) in [6.07, 6.45) is 5.38. The first-order chi connectivity index (χ1) is 7.74. The minimum absolute atomic E-state index is 0. The van der Waals surface area contributed by atoms with Gasteiger partial charge in [0.1, 0.15) is 0 Å². The van der Waals surface area contributed by atoms with E-state index in [1.165, 1.54) is 25.7 Å². The van der Waals surface area contributed by atoms with E-state index in [-0.39, 0.29) is 24.2 Å². The number of carbonyl (C=O) groups excluding carboxylic acids is 1. The molecule has 102 valence electrons. The molecule has 4 nitrogen and oxygen atoms in total. The van der Waals surface area contributed by atoms with E-state index in [0.717, 1.165) is 6.54 Å². The highest BCUT2D eigenvalue weighted by atomic mass is 35.5. The highest BCUT2D eigenvalue weighted by molar-refractivity contribution is 5.85. The van der Waals surface area contributed by atoms with Gasteiger partial charge in [0.15, 0.2) is 0 Å². The summed E-state index contributed by atoms with van der Waals surface area (Å²) >= 11 is 0. The molecule has 0 saturated heterocycles. The molecule has 1 atom stereocenters. The van der Waals surface area contributed by atoms with Crippen molar-refractivity contribution in [2.24, 2.45) is 5.92 Å². The summed E-state index contributed by atoms with van der Waals surface area (Å²) in [5.74, 6) is 0.126. The molecule has 0 radical (unpaired) electrons. The van der Waals surface area contributed by atoms with Gasteiger partial charge >= 0.3 is 0 Å². The summed E-state index contributed by atoms with van der Waals surface area (Å²) in [4.78, 5) is 11.5. The van der Waals surface area contributed by atoms with Crippen molar-refractivity contribution in [2.75, 3.05) is 26.7 Å². The fourth-order valence-corrected chi connectivity index (χ4v) is 2.03. The molecule has 2 N–H and O–H groups in total. The molecule has 1 aliphatic carbocycles. The molecular formula is C12H25ClN2O2. The van der Waals surface area contributed by atoms with E-state index in [0.29, 0.717) is 19.3 Å². The molecule has 0 spiro atoms. The summed E-state index contributed by atoms with van der Waals surface area (Å²) in [6, 6.07) is 0. The first-order valence-corrected chi connectivity index (χ1v) is 6.28. The van der Waals surface area contributed by atoms with E-state index in [4.69, 9.17) is 4.74 Å². The molecule has 17 heavy (non-hydrogen) atoms. The number of carbonyl (C=O) groups is 1. The number of rotatable bonds is 7. The van der Waals surface area contributed by atoms with Crippen molar-refractivity contribution in [3.05, 3.63) is 0 Å². The standard InChI is InChI=1S/C12H24N2O2.ClH/c1-10(9-13-2)12(15)14-7-8-16-11-5-3-4-6-11;/h10-11,13H,3-9H2,1-2H3,(H,14,15);1H. The van der Waals surface area contributed by atoms with Crippen molar-refractivity contribution in [3.8, 4) is 0 Å². The summed E-state index contributed by atoms with van der Waals surface area (Å²) < 4.78 is 5.66. The Hall–Kier alpha value is -0.320. The number of ether oxygens (including phenoxy) is 1. The maximum absolute atomic E-state index is 11.5. The molecule has 1 rings (SSSR count). The molecule has 0 aromatic heterocycles. The number of hydrogen-bond donors (Lipinski definition) is 2. The van der Waals surface area contributed by atoms with Crippen LogP contribution < -0.4 is 10.6 Å². The van der Waals surface area contributed by atoms with Gasteiger partial charge < -0.3 is 15.4 Å². The molecule has 1 amide bonds.